The maximum absolute atomic E-state index is 10.7. The molecule has 1 unspecified atom stereocenters. The van der Waals surface area contributed by atoms with Crippen molar-refractivity contribution in [3.05, 3.63) is 46.5 Å². The van der Waals surface area contributed by atoms with Crippen molar-refractivity contribution < 1.29 is 13.5 Å². The van der Waals surface area contributed by atoms with E-state index in [1.54, 1.807) is 18.4 Å². The van der Waals surface area contributed by atoms with Crippen molar-refractivity contribution in [3.63, 3.8) is 0 Å². The number of aromatic nitrogens is 1. The Bertz CT molecular complexity index is 969. The molecule has 0 aliphatic carbocycles. The Morgan fingerprint density at radius 1 is 1.26 bits per heavy atom. The zero-order chi connectivity index (χ0) is 19.4. The number of unbranched alkanes of at least 4 members (excludes halogenated alkanes) is 1. The SMILES string of the molecule is COc1cccc(-c2c(C)sc3nc(C)cc(CCCCNS(=O)O)c23)c1. The third-order valence-corrected chi connectivity index (χ3v) is 5.95. The number of hydrogen-bond acceptors (Lipinski definition) is 4. The number of benzene rings is 1. The van der Waals surface area contributed by atoms with Gasteiger partial charge in [-0.15, -0.1) is 11.3 Å². The Hall–Kier alpha value is -1.80. The van der Waals surface area contributed by atoms with E-state index < -0.39 is 11.3 Å². The van der Waals surface area contributed by atoms with Gasteiger partial charge in [-0.1, -0.05) is 12.1 Å². The summed E-state index contributed by atoms with van der Waals surface area (Å²) in [5, 5.41) is 1.22. The lowest BCUT2D eigenvalue weighted by Crippen LogP contribution is -2.17. The van der Waals surface area contributed by atoms with Crippen LogP contribution in [0.1, 0.15) is 29.0 Å². The van der Waals surface area contributed by atoms with Crippen molar-refractivity contribution in [2.75, 3.05) is 13.7 Å². The van der Waals surface area contributed by atoms with Gasteiger partial charge in [-0.05, 0) is 62.4 Å². The number of thiophene rings is 1. The van der Waals surface area contributed by atoms with Gasteiger partial charge in [-0.3, -0.25) is 4.55 Å². The highest BCUT2D eigenvalue weighted by atomic mass is 32.2. The van der Waals surface area contributed by atoms with Crippen LogP contribution in [0.3, 0.4) is 0 Å². The van der Waals surface area contributed by atoms with Crippen molar-refractivity contribution in [3.8, 4) is 16.9 Å². The van der Waals surface area contributed by atoms with Crippen molar-refractivity contribution in [2.45, 2.75) is 33.1 Å². The van der Waals surface area contributed by atoms with Crippen LogP contribution in [0.15, 0.2) is 30.3 Å². The van der Waals surface area contributed by atoms with Crippen LogP contribution in [0, 0.1) is 13.8 Å². The second kappa shape index (κ2) is 8.93. The molecular weight excluding hydrogens is 380 g/mol. The van der Waals surface area contributed by atoms with Crippen LogP contribution >= 0.6 is 11.3 Å². The van der Waals surface area contributed by atoms with Crippen molar-refractivity contribution in [1.29, 1.82) is 0 Å². The molecule has 1 aromatic carbocycles. The molecule has 0 aliphatic heterocycles. The third-order valence-electron chi connectivity index (χ3n) is 4.50. The third kappa shape index (κ3) is 4.73. The first-order valence-corrected chi connectivity index (χ1v) is 10.8. The highest BCUT2D eigenvalue weighted by molar-refractivity contribution is 7.77. The predicted octanol–water partition coefficient (Wildman–Crippen LogP) is 4.64. The quantitative estimate of drug-likeness (QED) is 0.424. The maximum Gasteiger partial charge on any atom is 0.231 e. The average Bonchev–Trinajstić information content (AvgIpc) is 2.96. The van der Waals surface area contributed by atoms with Crippen LogP contribution in [-0.4, -0.2) is 27.4 Å². The van der Waals surface area contributed by atoms with E-state index in [1.165, 1.54) is 21.4 Å². The number of fused-ring (bicyclic) bond motifs is 1. The molecule has 0 radical (unpaired) electrons. The zero-order valence-electron chi connectivity index (χ0n) is 15.7. The topological polar surface area (TPSA) is 71.5 Å². The Balaban J connectivity index is 1.97. The second-order valence-corrected chi connectivity index (χ2v) is 8.46. The number of nitrogens with one attached hydrogen (secondary N) is 1. The standard InChI is InChI=1S/C20H24N2O3S2/c1-13-11-15(7-4-5-10-21-27(23)24)19-18(14(2)26-20(19)22-13)16-8-6-9-17(12-16)25-3/h6,8-9,11-12,21H,4-5,7,10H2,1-3H3,(H,23,24). The minimum absolute atomic E-state index is 0.529. The van der Waals surface area contributed by atoms with E-state index in [0.29, 0.717) is 6.54 Å². The Morgan fingerprint density at radius 2 is 2.07 bits per heavy atom. The molecule has 27 heavy (non-hydrogen) atoms. The maximum atomic E-state index is 10.7. The van der Waals surface area contributed by atoms with E-state index in [2.05, 4.69) is 29.8 Å². The Labute approximate surface area is 166 Å². The summed E-state index contributed by atoms with van der Waals surface area (Å²) < 4.78 is 27.4. The molecule has 2 heterocycles. The zero-order valence-corrected chi connectivity index (χ0v) is 17.4. The lowest BCUT2D eigenvalue weighted by molar-refractivity contribution is 0.415. The largest absolute Gasteiger partial charge is 0.497 e. The second-order valence-electron chi connectivity index (χ2n) is 6.47. The van der Waals surface area contributed by atoms with Crippen molar-refractivity contribution in [2.24, 2.45) is 0 Å². The Morgan fingerprint density at radius 3 is 2.81 bits per heavy atom. The van der Waals surface area contributed by atoms with Crippen molar-refractivity contribution in [1.82, 2.24) is 9.71 Å². The summed E-state index contributed by atoms with van der Waals surface area (Å²) >= 11 is -0.213. The van der Waals surface area contributed by atoms with E-state index in [9.17, 15) is 4.21 Å². The first-order chi connectivity index (χ1) is 13.0. The van der Waals surface area contributed by atoms with Gasteiger partial charge in [0, 0.05) is 28.1 Å². The monoisotopic (exact) mass is 404 g/mol. The summed E-state index contributed by atoms with van der Waals surface area (Å²) in [5.41, 5.74) is 4.67. The molecule has 2 N–H and O–H groups in total. The molecule has 1 atom stereocenters. The predicted molar refractivity (Wildman–Crippen MR) is 113 cm³/mol. The molecule has 5 nitrogen and oxygen atoms in total. The molecule has 144 valence electrons. The number of rotatable bonds is 8. The molecule has 7 heteroatoms. The highest BCUT2D eigenvalue weighted by Crippen LogP contribution is 2.40. The van der Waals surface area contributed by atoms with Crippen molar-refractivity contribution >= 4 is 32.8 Å². The summed E-state index contributed by atoms with van der Waals surface area (Å²) in [5.74, 6) is 0.843. The number of nitrogens with zero attached hydrogens (tertiary/aromatic N) is 1. The van der Waals surface area contributed by atoms with E-state index in [0.717, 1.165) is 41.1 Å². The molecule has 0 saturated carbocycles. The molecule has 0 fully saturated rings. The minimum Gasteiger partial charge on any atom is -0.497 e. The summed E-state index contributed by atoms with van der Waals surface area (Å²) in [7, 11) is 1.68. The molecule has 0 amide bonds. The smallest absolute Gasteiger partial charge is 0.231 e. The van der Waals surface area contributed by atoms with E-state index in [4.69, 9.17) is 14.3 Å². The summed E-state index contributed by atoms with van der Waals surface area (Å²) in [4.78, 5) is 7.07. The normalized spacial score (nSPS) is 12.4. The van der Waals surface area contributed by atoms with Gasteiger partial charge in [0.2, 0.25) is 11.3 Å². The first-order valence-electron chi connectivity index (χ1n) is 8.88. The highest BCUT2D eigenvalue weighted by Gasteiger charge is 2.17. The van der Waals surface area contributed by atoms with Gasteiger partial charge in [0.1, 0.15) is 10.6 Å². The van der Waals surface area contributed by atoms with Gasteiger partial charge in [-0.2, -0.15) is 0 Å². The molecule has 0 aliphatic rings. The lowest BCUT2D eigenvalue weighted by Gasteiger charge is -2.10. The van der Waals surface area contributed by atoms with Gasteiger partial charge in [0.25, 0.3) is 0 Å². The summed E-state index contributed by atoms with van der Waals surface area (Å²) in [6.45, 7) is 4.70. The summed E-state index contributed by atoms with van der Waals surface area (Å²) in [6, 6.07) is 10.3. The fourth-order valence-electron chi connectivity index (χ4n) is 3.35. The minimum atomic E-state index is -1.94. The van der Waals surface area contributed by atoms with Crippen LogP contribution in [-0.2, 0) is 17.7 Å². The van der Waals surface area contributed by atoms with E-state index >= 15 is 0 Å². The van der Waals surface area contributed by atoms with Crippen LogP contribution in [0.2, 0.25) is 0 Å². The van der Waals surface area contributed by atoms with Crippen LogP contribution in [0.25, 0.3) is 21.3 Å². The number of ether oxygens (including phenoxy) is 1. The average molecular weight is 405 g/mol. The van der Waals surface area contributed by atoms with Gasteiger partial charge in [-0.25, -0.2) is 13.9 Å². The molecule has 3 aromatic rings. The fourth-order valence-corrected chi connectivity index (χ4v) is 4.80. The summed E-state index contributed by atoms with van der Waals surface area (Å²) in [6.07, 6.45) is 2.69. The van der Waals surface area contributed by atoms with Crippen LogP contribution in [0.5, 0.6) is 5.75 Å². The Kier molecular flexibility index (Phi) is 6.59. The fraction of sp³-hybridized carbons (Fsp3) is 0.350. The van der Waals surface area contributed by atoms with Gasteiger partial charge in [0.15, 0.2) is 0 Å². The molecule has 0 spiro atoms. The number of pyridine rings is 1. The van der Waals surface area contributed by atoms with E-state index in [-0.39, 0.29) is 0 Å². The number of methoxy groups -OCH3 is 1. The lowest BCUT2D eigenvalue weighted by atomic mass is 9.97. The first kappa shape index (κ1) is 19.9. The number of hydrogen-bond donors (Lipinski definition) is 2. The molecule has 2 aromatic heterocycles. The number of aryl methyl sites for hydroxylation is 3. The molecular formula is C20H24N2O3S2. The molecule has 0 bridgehead atoms. The van der Waals surface area contributed by atoms with Gasteiger partial charge >= 0.3 is 0 Å². The molecule has 0 saturated heterocycles. The van der Waals surface area contributed by atoms with Gasteiger partial charge in [0.05, 0.1) is 7.11 Å². The van der Waals surface area contributed by atoms with Gasteiger partial charge < -0.3 is 4.74 Å². The molecule has 3 rings (SSSR count). The van der Waals surface area contributed by atoms with Crippen LogP contribution < -0.4 is 9.46 Å². The van der Waals surface area contributed by atoms with Crippen LogP contribution in [0.4, 0.5) is 0 Å². The van der Waals surface area contributed by atoms with E-state index in [1.807, 2.05) is 19.1 Å².